The Morgan fingerprint density at radius 3 is 2.77 bits per heavy atom. The van der Waals surface area contributed by atoms with E-state index in [4.69, 9.17) is 10.00 Å². The molecule has 1 aromatic carbocycles. The molecule has 1 fully saturated rings. The van der Waals surface area contributed by atoms with E-state index in [1.165, 1.54) is 6.42 Å². The fourth-order valence-corrected chi connectivity index (χ4v) is 3.22. The molecule has 0 bridgehead atoms. The number of nitrogens with one attached hydrogen (secondary N) is 1. The highest BCUT2D eigenvalue weighted by atomic mass is 16.6. The van der Waals surface area contributed by atoms with Crippen molar-refractivity contribution in [2.75, 3.05) is 5.32 Å². The first-order valence-electron chi connectivity index (χ1n) is 7.98. The van der Waals surface area contributed by atoms with Crippen molar-refractivity contribution in [3.63, 3.8) is 0 Å². The standard InChI is InChI=1S/C18H24N2O2/c1-12(2)15-9-8-13(3)10-17(15)22-18(21)20-16-7-5-4-6-14(16)11-19/h4-7,12-13,15,17H,8-10H2,1-3H3,(H,20,21). The van der Waals surface area contributed by atoms with Crippen molar-refractivity contribution in [3.05, 3.63) is 29.8 Å². The number of ether oxygens (including phenoxy) is 1. The van der Waals surface area contributed by atoms with Crippen LogP contribution in [-0.2, 0) is 4.74 Å². The summed E-state index contributed by atoms with van der Waals surface area (Å²) in [5.74, 6) is 1.49. The zero-order valence-electron chi connectivity index (χ0n) is 13.5. The molecule has 3 atom stereocenters. The van der Waals surface area contributed by atoms with Gasteiger partial charge in [0.1, 0.15) is 12.2 Å². The van der Waals surface area contributed by atoms with Crippen LogP contribution in [0.1, 0.15) is 45.6 Å². The minimum absolute atomic E-state index is 0.0435. The highest BCUT2D eigenvalue weighted by Gasteiger charge is 2.33. The monoisotopic (exact) mass is 300 g/mol. The van der Waals surface area contributed by atoms with Crippen LogP contribution in [0.3, 0.4) is 0 Å². The van der Waals surface area contributed by atoms with E-state index in [-0.39, 0.29) is 6.10 Å². The first-order valence-corrected chi connectivity index (χ1v) is 7.98. The van der Waals surface area contributed by atoms with Gasteiger partial charge in [-0.2, -0.15) is 5.26 Å². The van der Waals surface area contributed by atoms with E-state index in [0.29, 0.717) is 29.0 Å². The molecule has 3 unspecified atom stereocenters. The number of carbonyl (C=O) groups excluding carboxylic acids is 1. The Morgan fingerprint density at radius 2 is 2.09 bits per heavy atom. The molecule has 4 heteroatoms. The SMILES string of the molecule is CC1CCC(C(C)C)C(OC(=O)Nc2ccccc2C#N)C1. The molecular weight excluding hydrogens is 276 g/mol. The Morgan fingerprint density at radius 1 is 1.36 bits per heavy atom. The smallest absolute Gasteiger partial charge is 0.411 e. The van der Waals surface area contributed by atoms with Crippen LogP contribution in [0.25, 0.3) is 0 Å². The second-order valence-electron chi connectivity index (χ2n) is 6.55. The summed E-state index contributed by atoms with van der Waals surface area (Å²) >= 11 is 0. The summed E-state index contributed by atoms with van der Waals surface area (Å²) in [6.45, 7) is 6.57. The van der Waals surface area contributed by atoms with Crippen LogP contribution in [0.2, 0.25) is 0 Å². The minimum atomic E-state index is -0.465. The maximum atomic E-state index is 12.2. The van der Waals surface area contributed by atoms with E-state index in [0.717, 1.165) is 12.8 Å². The van der Waals surface area contributed by atoms with Gasteiger partial charge < -0.3 is 4.74 Å². The van der Waals surface area contributed by atoms with E-state index < -0.39 is 6.09 Å². The molecule has 2 rings (SSSR count). The predicted octanol–water partition coefficient (Wildman–Crippen LogP) is 4.57. The van der Waals surface area contributed by atoms with Crippen molar-refractivity contribution < 1.29 is 9.53 Å². The Balaban J connectivity index is 2.02. The van der Waals surface area contributed by atoms with Gasteiger partial charge in [-0.05, 0) is 42.7 Å². The summed E-state index contributed by atoms with van der Waals surface area (Å²) < 4.78 is 5.68. The second-order valence-corrected chi connectivity index (χ2v) is 6.55. The number of benzene rings is 1. The Bertz CT molecular complexity index is 562. The minimum Gasteiger partial charge on any atom is -0.446 e. The summed E-state index contributed by atoms with van der Waals surface area (Å²) in [4.78, 5) is 12.2. The topological polar surface area (TPSA) is 62.1 Å². The molecule has 0 spiro atoms. The van der Waals surface area contributed by atoms with E-state index in [1.807, 2.05) is 0 Å². The third-order valence-electron chi connectivity index (χ3n) is 4.50. The number of anilines is 1. The van der Waals surface area contributed by atoms with Crippen LogP contribution in [0.4, 0.5) is 10.5 Å². The lowest BCUT2D eigenvalue weighted by Gasteiger charge is -2.36. The third kappa shape index (κ3) is 4.00. The summed E-state index contributed by atoms with van der Waals surface area (Å²) in [7, 11) is 0. The molecule has 0 heterocycles. The van der Waals surface area contributed by atoms with Gasteiger partial charge in [0.05, 0.1) is 11.3 Å². The third-order valence-corrected chi connectivity index (χ3v) is 4.50. The molecular formula is C18H24N2O2. The van der Waals surface area contributed by atoms with Crippen molar-refractivity contribution >= 4 is 11.8 Å². The fourth-order valence-electron chi connectivity index (χ4n) is 3.22. The Labute approximate surface area is 132 Å². The average molecular weight is 300 g/mol. The second kappa shape index (κ2) is 7.31. The van der Waals surface area contributed by atoms with Crippen LogP contribution >= 0.6 is 0 Å². The van der Waals surface area contributed by atoms with Crippen molar-refractivity contribution in [1.29, 1.82) is 5.26 Å². The van der Waals surface area contributed by atoms with Crippen LogP contribution in [0.5, 0.6) is 0 Å². The molecule has 4 nitrogen and oxygen atoms in total. The molecule has 1 aliphatic carbocycles. The van der Waals surface area contributed by atoms with Crippen molar-refractivity contribution in [3.8, 4) is 6.07 Å². The molecule has 1 aromatic rings. The van der Waals surface area contributed by atoms with Crippen LogP contribution < -0.4 is 5.32 Å². The number of hydrogen-bond donors (Lipinski definition) is 1. The molecule has 0 aromatic heterocycles. The Hall–Kier alpha value is -2.02. The van der Waals surface area contributed by atoms with Gasteiger partial charge in [-0.25, -0.2) is 4.79 Å². The number of hydrogen-bond acceptors (Lipinski definition) is 3. The average Bonchev–Trinajstić information content (AvgIpc) is 2.47. The van der Waals surface area contributed by atoms with Gasteiger partial charge in [-0.1, -0.05) is 39.3 Å². The largest absolute Gasteiger partial charge is 0.446 e. The van der Waals surface area contributed by atoms with Crippen LogP contribution in [-0.4, -0.2) is 12.2 Å². The zero-order valence-corrected chi connectivity index (χ0v) is 13.5. The normalized spacial score (nSPS) is 24.6. The van der Waals surface area contributed by atoms with Crippen LogP contribution in [0, 0.1) is 29.1 Å². The van der Waals surface area contributed by atoms with Crippen molar-refractivity contribution in [2.24, 2.45) is 17.8 Å². The van der Waals surface area contributed by atoms with Gasteiger partial charge >= 0.3 is 6.09 Å². The van der Waals surface area contributed by atoms with Crippen LogP contribution in [0.15, 0.2) is 24.3 Å². The van der Waals surface area contributed by atoms with Gasteiger partial charge in [0, 0.05) is 0 Å². The highest BCUT2D eigenvalue weighted by Crippen LogP contribution is 2.35. The lowest BCUT2D eigenvalue weighted by molar-refractivity contribution is 0.0126. The first kappa shape index (κ1) is 16.4. The maximum Gasteiger partial charge on any atom is 0.411 e. The number of carbonyl (C=O) groups is 1. The summed E-state index contributed by atoms with van der Waals surface area (Å²) in [5.41, 5.74) is 0.942. The molecule has 1 saturated carbocycles. The quantitative estimate of drug-likeness (QED) is 0.889. The molecule has 1 amide bonds. The van der Waals surface area contributed by atoms with Gasteiger partial charge in [0.25, 0.3) is 0 Å². The molecule has 22 heavy (non-hydrogen) atoms. The van der Waals surface area contributed by atoms with E-state index >= 15 is 0 Å². The number of para-hydroxylation sites is 1. The molecule has 1 N–H and O–H groups in total. The van der Waals surface area contributed by atoms with E-state index in [1.54, 1.807) is 24.3 Å². The Kier molecular flexibility index (Phi) is 5.43. The van der Waals surface area contributed by atoms with Gasteiger partial charge in [0.2, 0.25) is 0 Å². The number of nitriles is 1. The molecule has 0 saturated heterocycles. The lowest BCUT2D eigenvalue weighted by Crippen LogP contribution is -2.37. The lowest BCUT2D eigenvalue weighted by atomic mass is 9.75. The van der Waals surface area contributed by atoms with Gasteiger partial charge in [-0.15, -0.1) is 0 Å². The zero-order chi connectivity index (χ0) is 16.1. The number of amides is 1. The number of rotatable bonds is 3. The molecule has 0 aliphatic heterocycles. The molecule has 1 aliphatic rings. The fraction of sp³-hybridized carbons (Fsp3) is 0.556. The van der Waals surface area contributed by atoms with E-state index in [9.17, 15) is 4.79 Å². The van der Waals surface area contributed by atoms with Gasteiger partial charge in [0.15, 0.2) is 0 Å². The maximum absolute atomic E-state index is 12.2. The summed E-state index contributed by atoms with van der Waals surface area (Å²) in [5, 5.41) is 11.8. The first-order chi connectivity index (χ1) is 10.5. The number of nitrogens with zero attached hydrogens (tertiary/aromatic N) is 1. The summed E-state index contributed by atoms with van der Waals surface area (Å²) in [6.07, 6.45) is 2.70. The van der Waals surface area contributed by atoms with Crippen molar-refractivity contribution in [2.45, 2.75) is 46.1 Å². The summed E-state index contributed by atoms with van der Waals surface area (Å²) in [6, 6.07) is 9.01. The molecule has 118 valence electrons. The molecule has 0 radical (unpaired) electrons. The van der Waals surface area contributed by atoms with Crippen molar-refractivity contribution in [1.82, 2.24) is 0 Å². The van der Waals surface area contributed by atoms with E-state index in [2.05, 4.69) is 32.2 Å². The highest BCUT2D eigenvalue weighted by molar-refractivity contribution is 5.86. The van der Waals surface area contributed by atoms with Gasteiger partial charge in [-0.3, -0.25) is 5.32 Å². The predicted molar refractivity (Wildman–Crippen MR) is 86.4 cm³/mol.